The van der Waals surface area contributed by atoms with Crippen LogP contribution < -0.4 is 11.1 Å². The number of nitrogens with one attached hydrogen (secondary N) is 1. The molecule has 7 nitrogen and oxygen atoms in total. The summed E-state index contributed by atoms with van der Waals surface area (Å²) < 4.78 is 0. The number of carbonyl (C=O) groups excluding carboxylic acids is 3. The Morgan fingerprint density at radius 1 is 1.35 bits per heavy atom. The summed E-state index contributed by atoms with van der Waals surface area (Å²) in [5.41, 5.74) is 5.23. The highest BCUT2D eigenvalue weighted by atomic mass is 16.2. The molecule has 1 heterocycles. The zero-order valence-corrected chi connectivity index (χ0v) is 14.3. The van der Waals surface area contributed by atoms with Gasteiger partial charge < -0.3 is 16.0 Å². The second kappa shape index (κ2) is 6.86. The van der Waals surface area contributed by atoms with Gasteiger partial charge in [-0.25, -0.2) is 4.79 Å². The number of urea groups is 1. The predicted octanol–water partition coefficient (Wildman–Crippen LogP) is 0.683. The first-order valence-electron chi connectivity index (χ1n) is 8.40. The number of carbonyl (C=O) groups is 3. The van der Waals surface area contributed by atoms with Gasteiger partial charge in [-0.3, -0.25) is 14.5 Å². The topological polar surface area (TPSA) is 95.7 Å². The van der Waals surface area contributed by atoms with Crippen molar-refractivity contribution in [3.63, 3.8) is 0 Å². The van der Waals surface area contributed by atoms with Crippen LogP contribution in [0.3, 0.4) is 0 Å². The van der Waals surface area contributed by atoms with Crippen LogP contribution in [0.15, 0.2) is 0 Å². The van der Waals surface area contributed by atoms with E-state index in [1.165, 1.54) is 0 Å². The van der Waals surface area contributed by atoms with Crippen molar-refractivity contribution < 1.29 is 14.4 Å². The van der Waals surface area contributed by atoms with Gasteiger partial charge in [-0.1, -0.05) is 26.7 Å². The molecule has 1 atom stereocenters. The molecule has 1 unspecified atom stereocenters. The molecular formula is C16H28N4O3. The summed E-state index contributed by atoms with van der Waals surface area (Å²) in [7, 11) is 1.68. The number of nitrogens with zero attached hydrogens (tertiary/aromatic N) is 2. The molecule has 2 rings (SSSR count). The third kappa shape index (κ3) is 3.65. The van der Waals surface area contributed by atoms with Gasteiger partial charge in [-0.2, -0.15) is 0 Å². The molecule has 1 aliphatic heterocycles. The molecule has 0 aromatic heterocycles. The summed E-state index contributed by atoms with van der Waals surface area (Å²) in [6.45, 7) is 4.41. The quantitative estimate of drug-likeness (QED) is 0.702. The number of nitrogens with two attached hydrogens (primary N) is 1. The van der Waals surface area contributed by atoms with E-state index in [0.717, 1.165) is 17.7 Å². The first-order valence-corrected chi connectivity index (χ1v) is 8.40. The number of likely N-dealkylation sites (N-methyl/N-ethyl adjacent to an activating group) is 1. The Labute approximate surface area is 137 Å². The number of hydrogen-bond acceptors (Lipinski definition) is 4. The van der Waals surface area contributed by atoms with Crippen molar-refractivity contribution >= 4 is 17.8 Å². The molecule has 130 valence electrons. The zero-order valence-electron chi connectivity index (χ0n) is 14.3. The Kier molecular flexibility index (Phi) is 5.29. The van der Waals surface area contributed by atoms with Crippen LogP contribution in [-0.2, 0) is 9.59 Å². The van der Waals surface area contributed by atoms with Gasteiger partial charge in [0.05, 0.1) is 0 Å². The van der Waals surface area contributed by atoms with Crippen LogP contribution in [0.4, 0.5) is 4.79 Å². The van der Waals surface area contributed by atoms with Crippen molar-refractivity contribution in [1.82, 2.24) is 15.1 Å². The van der Waals surface area contributed by atoms with Gasteiger partial charge in [0.25, 0.3) is 5.91 Å². The highest BCUT2D eigenvalue weighted by molar-refractivity contribution is 6.09. The van der Waals surface area contributed by atoms with Crippen LogP contribution in [0, 0.1) is 5.92 Å². The smallest absolute Gasteiger partial charge is 0.325 e. The monoisotopic (exact) mass is 324 g/mol. The molecule has 2 fully saturated rings. The molecule has 1 saturated carbocycles. The summed E-state index contributed by atoms with van der Waals surface area (Å²) in [4.78, 5) is 39.5. The van der Waals surface area contributed by atoms with Gasteiger partial charge in [0.2, 0.25) is 5.91 Å². The van der Waals surface area contributed by atoms with Crippen molar-refractivity contribution in [3.8, 4) is 0 Å². The van der Waals surface area contributed by atoms with E-state index in [-0.39, 0.29) is 24.4 Å². The molecular weight excluding hydrogens is 296 g/mol. The lowest BCUT2D eigenvalue weighted by Gasteiger charge is -2.24. The van der Waals surface area contributed by atoms with Crippen molar-refractivity contribution in [2.45, 2.75) is 57.5 Å². The maximum atomic E-state index is 12.5. The van der Waals surface area contributed by atoms with Crippen LogP contribution in [0.2, 0.25) is 0 Å². The van der Waals surface area contributed by atoms with E-state index in [1.54, 1.807) is 11.9 Å². The lowest BCUT2D eigenvalue weighted by Crippen LogP contribution is -2.46. The van der Waals surface area contributed by atoms with Gasteiger partial charge >= 0.3 is 6.03 Å². The second-order valence-corrected chi connectivity index (χ2v) is 7.12. The molecule has 0 radical (unpaired) electrons. The fraction of sp³-hybridized carbons (Fsp3) is 0.812. The number of imide groups is 1. The lowest BCUT2D eigenvalue weighted by molar-refractivity contribution is -0.138. The maximum absolute atomic E-state index is 12.5. The third-order valence-electron chi connectivity index (χ3n) is 5.08. The largest absolute Gasteiger partial charge is 0.344 e. The van der Waals surface area contributed by atoms with Gasteiger partial charge in [-0.05, 0) is 25.2 Å². The standard InChI is InChI=1S/C16H28N4O3/c1-11(2)12(17)6-9-19(3)13(21)10-20-14(22)16(18-15(20)23)7-4-5-8-16/h11-12H,4-10,17H2,1-3H3,(H,18,23). The average Bonchev–Trinajstić information content (AvgIpc) is 3.05. The van der Waals surface area contributed by atoms with Crippen LogP contribution in [0.25, 0.3) is 0 Å². The average molecular weight is 324 g/mol. The SMILES string of the molecule is CC(C)C(N)CCN(C)C(=O)CN1C(=O)NC2(CCCC2)C1=O. The highest BCUT2D eigenvalue weighted by Crippen LogP contribution is 2.34. The van der Waals surface area contributed by atoms with Crippen LogP contribution >= 0.6 is 0 Å². The maximum Gasteiger partial charge on any atom is 0.325 e. The van der Waals surface area contributed by atoms with E-state index in [1.807, 2.05) is 13.8 Å². The van der Waals surface area contributed by atoms with E-state index in [2.05, 4.69) is 5.32 Å². The molecule has 2 aliphatic rings. The van der Waals surface area contributed by atoms with Crippen molar-refractivity contribution in [3.05, 3.63) is 0 Å². The minimum atomic E-state index is -0.754. The van der Waals surface area contributed by atoms with Crippen molar-refractivity contribution in [2.24, 2.45) is 11.7 Å². The molecule has 0 aromatic carbocycles. The van der Waals surface area contributed by atoms with E-state index < -0.39 is 11.6 Å². The summed E-state index contributed by atoms with van der Waals surface area (Å²) in [5, 5.41) is 2.79. The molecule has 4 amide bonds. The van der Waals surface area contributed by atoms with Gasteiger partial charge in [-0.15, -0.1) is 0 Å². The fourth-order valence-electron chi connectivity index (χ4n) is 3.19. The van der Waals surface area contributed by atoms with E-state index in [0.29, 0.717) is 31.7 Å². The van der Waals surface area contributed by atoms with Crippen LogP contribution in [0.5, 0.6) is 0 Å². The van der Waals surface area contributed by atoms with E-state index in [9.17, 15) is 14.4 Å². The lowest BCUT2D eigenvalue weighted by atomic mass is 9.98. The molecule has 23 heavy (non-hydrogen) atoms. The summed E-state index contributed by atoms with van der Waals surface area (Å²) in [6.07, 6.45) is 3.90. The minimum absolute atomic E-state index is 0.0312. The Morgan fingerprint density at radius 3 is 2.52 bits per heavy atom. The Bertz CT molecular complexity index is 486. The minimum Gasteiger partial charge on any atom is -0.344 e. The first-order chi connectivity index (χ1) is 10.8. The van der Waals surface area contributed by atoms with Crippen molar-refractivity contribution in [2.75, 3.05) is 20.1 Å². The normalized spacial score (nSPS) is 21.2. The summed E-state index contributed by atoms with van der Waals surface area (Å²) >= 11 is 0. The van der Waals surface area contributed by atoms with Gasteiger partial charge in [0, 0.05) is 19.6 Å². The van der Waals surface area contributed by atoms with Gasteiger partial charge in [0.1, 0.15) is 12.1 Å². The molecule has 1 spiro atoms. The van der Waals surface area contributed by atoms with Crippen LogP contribution in [0.1, 0.15) is 46.0 Å². The summed E-state index contributed by atoms with van der Waals surface area (Å²) in [5.74, 6) is -0.133. The first kappa shape index (κ1) is 17.7. The number of hydrogen-bond donors (Lipinski definition) is 2. The Hall–Kier alpha value is -1.63. The van der Waals surface area contributed by atoms with E-state index >= 15 is 0 Å². The molecule has 1 saturated heterocycles. The second-order valence-electron chi connectivity index (χ2n) is 7.12. The number of amides is 4. The summed E-state index contributed by atoms with van der Waals surface area (Å²) in [6, 6.07) is -0.416. The van der Waals surface area contributed by atoms with Crippen LogP contribution in [-0.4, -0.2) is 59.4 Å². The van der Waals surface area contributed by atoms with Crippen molar-refractivity contribution in [1.29, 1.82) is 0 Å². The number of rotatable bonds is 6. The molecule has 7 heteroatoms. The molecule has 3 N–H and O–H groups in total. The molecule has 0 bridgehead atoms. The molecule has 1 aliphatic carbocycles. The molecule has 0 aromatic rings. The van der Waals surface area contributed by atoms with E-state index in [4.69, 9.17) is 5.73 Å². The zero-order chi connectivity index (χ0) is 17.2. The fourth-order valence-corrected chi connectivity index (χ4v) is 3.19. The Balaban J connectivity index is 1.89. The van der Waals surface area contributed by atoms with Gasteiger partial charge in [0.15, 0.2) is 0 Å². The Morgan fingerprint density at radius 2 is 1.96 bits per heavy atom. The predicted molar refractivity (Wildman–Crippen MR) is 86.5 cm³/mol. The third-order valence-corrected chi connectivity index (χ3v) is 5.08. The highest BCUT2D eigenvalue weighted by Gasteiger charge is 2.52.